The van der Waals surface area contributed by atoms with Gasteiger partial charge in [-0.2, -0.15) is 0 Å². The fourth-order valence-electron chi connectivity index (χ4n) is 1.36. The number of pyridine rings is 1. The second-order valence-electron chi connectivity index (χ2n) is 3.05. The molecule has 0 spiro atoms. The van der Waals surface area contributed by atoms with Crippen LogP contribution in [0.4, 0.5) is 5.69 Å². The van der Waals surface area contributed by atoms with E-state index in [1.54, 1.807) is 0 Å². The molecule has 1 aromatic heterocycles. The third-order valence-electron chi connectivity index (χ3n) is 2.11. The van der Waals surface area contributed by atoms with Crippen molar-refractivity contribution in [2.24, 2.45) is 5.73 Å². The van der Waals surface area contributed by atoms with Gasteiger partial charge in [0.15, 0.2) is 0 Å². The number of halogens is 1. The van der Waals surface area contributed by atoms with E-state index in [0.717, 1.165) is 30.5 Å². The lowest BCUT2D eigenvalue weighted by Gasteiger charge is -2.23. The standard InChI is InChI=1S/C10H16BrN3/c1-2-14(7-3-5-12)10-4-6-13-8-9(10)11/h4,6,8H,2-3,5,7,12H2,1H3. The lowest BCUT2D eigenvalue weighted by molar-refractivity contribution is 0.752. The molecule has 0 saturated heterocycles. The minimum atomic E-state index is 0.735. The van der Waals surface area contributed by atoms with Crippen molar-refractivity contribution in [3.63, 3.8) is 0 Å². The number of hydrogen-bond acceptors (Lipinski definition) is 3. The van der Waals surface area contributed by atoms with Gasteiger partial charge in [-0.3, -0.25) is 4.98 Å². The van der Waals surface area contributed by atoms with Gasteiger partial charge in [-0.15, -0.1) is 0 Å². The molecule has 0 aliphatic carbocycles. The molecule has 0 amide bonds. The summed E-state index contributed by atoms with van der Waals surface area (Å²) in [4.78, 5) is 6.33. The summed E-state index contributed by atoms with van der Waals surface area (Å²) in [5, 5.41) is 0. The van der Waals surface area contributed by atoms with E-state index in [9.17, 15) is 0 Å². The molecule has 0 aromatic carbocycles. The van der Waals surface area contributed by atoms with Crippen molar-refractivity contribution in [3.8, 4) is 0 Å². The zero-order valence-corrected chi connectivity index (χ0v) is 10.00. The van der Waals surface area contributed by atoms with E-state index in [1.165, 1.54) is 5.69 Å². The molecule has 0 bridgehead atoms. The highest BCUT2D eigenvalue weighted by atomic mass is 79.9. The predicted molar refractivity (Wildman–Crippen MR) is 63.5 cm³/mol. The third-order valence-corrected chi connectivity index (χ3v) is 2.72. The second kappa shape index (κ2) is 5.98. The summed E-state index contributed by atoms with van der Waals surface area (Å²) in [7, 11) is 0. The van der Waals surface area contributed by atoms with Gasteiger partial charge >= 0.3 is 0 Å². The highest BCUT2D eigenvalue weighted by Crippen LogP contribution is 2.24. The Balaban J connectivity index is 2.73. The molecule has 0 fully saturated rings. The summed E-state index contributed by atoms with van der Waals surface area (Å²) < 4.78 is 1.04. The molecule has 3 nitrogen and oxygen atoms in total. The molecule has 1 aromatic rings. The first kappa shape index (κ1) is 11.5. The maximum Gasteiger partial charge on any atom is 0.0592 e. The van der Waals surface area contributed by atoms with E-state index >= 15 is 0 Å². The molecule has 2 N–H and O–H groups in total. The highest BCUT2D eigenvalue weighted by Gasteiger charge is 2.06. The zero-order valence-electron chi connectivity index (χ0n) is 8.41. The minimum absolute atomic E-state index is 0.735. The lowest BCUT2D eigenvalue weighted by Crippen LogP contribution is -2.26. The maximum absolute atomic E-state index is 5.50. The summed E-state index contributed by atoms with van der Waals surface area (Å²) >= 11 is 3.49. The van der Waals surface area contributed by atoms with E-state index in [2.05, 4.69) is 32.7 Å². The van der Waals surface area contributed by atoms with Gasteiger partial charge in [0.1, 0.15) is 0 Å². The normalized spacial score (nSPS) is 10.2. The molecule has 4 heteroatoms. The van der Waals surface area contributed by atoms with Gasteiger partial charge in [0.2, 0.25) is 0 Å². The molecular formula is C10H16BrN3. The van der Waals surface area contributed by atoms with Crippen LogP contribution in [0, 0.1) is 0 Å². The average molecular weight is 258 g/mol. The van der Waals surface area contributed by atoms with Crippen LogP contribution in [0.1, 0.15) is 13.3 Å². The largest absolute Gasteiger partial charge is 0.371 e. The number of aromatic nitrogens is 1. The van der Waals surface area contributed by atoms with Crippen LogP contribution in [0.15, 0.2) is 22.9 Å². The Morgan fingerprint density at radius 1 is 1.57 bits per heavy atom. The van der Waals surface area contributed by atoms with Crippen molar-refractivity contribution in [2.75, 3.05) is 24.5 Å². The molecule has 1 rings (SSSR count). The molecule has 78 valence electrons. The smallest absolute Gasteiger partial charge is 0.0592 e. The Hall–Kier alpha value is -0.610. The van der Waals surface area contributed by atoms with Crippen LogP contribution in [0.5, 0.6) is 0 Å². The monoisotopic (exact) mass is 257 g/mol. The van der Waals surface area contributed by atoms with Crippen molar-refractivity contribution in [1.29, 1.82) is 0 Å². The van der Waals surface area contributed by atoms with Gasteiger partial charge in [0.25, 0.3) is 0 Å². The van der Waals surface area contributed by atoms with Gasteiger partial charge in [-0.05, 0) is 41.9 Å². The molecule has 14 heavy (non-hydrogen) atoms. The van der Waals surface area contributed by atoms with E-state index in [-0.39, 0.29) is 0 Å². The summed E-state index contributed by atoms with van der Waals surface area (Å²) in [5.74, 6) is 0. The van der Waals surface area contributed by atoms with Crippen LogP contribution in [0.3, 0.4) is 0 Å². The SMILES string of the molecule is CCN(CCCN)c1ccncc1Br. The Morgan fingerprint density at radius 2 is 2.36 bits per heavy atom. The van der Waals surface area contributed by atoms with Gasteiger partial charge in [0, 0.05) is 25.5 Å². The van der Waals surface area contributed by atoms with Crippen LogP contribution in [0.2, 0.25) is 0 Å². The van der Waals surface area contributed by atoms with Gasteiger partial charge in [-0.1, -0.05) is 0 Å². The Labute approximate surface area is 93.4 Å². The molecule has 0 unspecified atom stereocenters. The Morgan fingerprint density at radius 3 is 2.93 bits per heavy atom. The Kier molecular flexibility index (Phi) is 4.90. The topological polar surface area (TPSA) is 42.1 Å². The number of nitrogens with two attached hydrogens (primary N) is 1. The number of hydrogen-bond donors (Lipinski definition) is 1. The third kappa shape index (κ3) is 2.96. The fourth-order valence-corrected chi connectivity index (χ4v) is 1.86. The summed E-state index contributed by atoms with van der Waals surface area (Å²) in [6, 6.07) is 2.02. The summed E-state index contributed by atoms with van der Waals surface area (Å²) in [6.45, 7) is 4.86. The maximum atomic E-state index is 5.50. The van der Waals surface area contributed by atoms with Gasteiger partial charge in [-0.25, -0.2) is 0 Å². The first-order valence-corrected chi connectivity index (χ1v) is 5.63. The van der Waals surface area contributed by atoms with Crippen molar-refractivity contribution in [1.82, 2.24) is 4.98 Å². The van der Waals surface area contributed by atoms with Crippen molar-refractivity contribution < 1.29 is 0 Å². The lowest BCUT2D eigenvalue weighted by atomic mass is 10.3. The van der Waals surface area contributed by atoms with Gasteiger partial charge in [0.05, 0.1) is 10.2 Å². The highest BCUT2D eigenvalue weighted by molar-refractivity contribution is 9.10. The molecule has 0 radical (unpaired) electrons. The van der Waals surface area contributed by atoms with Crippen LogP contribution >= 0.6 is 15.9 Å². The summed E-state index contributed by atoms with van der Waals surface area (Å²) in [5.41, 5.74) is 6.69. The second-order valence-corrected chi connectivity index (χ2v) is 3.90. The first-order chi connectivity index (χ1) is 6.79. The van der Waals surface area contributed by atoms with Crippen LogP contribution < -0.4 is 10.6 Å². The number of anilines is 1. The zero-order chi connectivity index (χ0) is 10.4. The van der Waals surface area contributed by atoms with Crippen LogP contribution in [0.25, 0.3) is 0 Å². The molecule has 1 heterocycles. The summed E-state index contributed by atoms with van der Waals surface area (Å²) in [6.07, 6.45) is 4.65. The van der Waals surface area contributed by atoms with Crippen molar-refractivity contribution in [3.05, 3.63) is 22.9 Å². The number of nitrogens with zero attached hydrogens (tertiary/aromatic N) is 2. The van der Waals surface area contributed by atoms with Crippen LogP contribution in [-0.4, -0.2) is 24.6 Å². The molecule has 0 aliphatic rings. The minimum Gasteiger partial charge on any atom is -0.371 e. The molecule has 0 atom stereocenters. The van der Waals surface area contributed by atoms with E-state index < -0.39 is 0 Å². The van der Waals surface area contributed by atoms with E-state index in [1.807, 2.05) is 18.5 Å². The average Bonchev–Trinajstić information content (AvgIpc) is 2.21. The fraction of sp³-hybridized carbons (Fsp3) is 0.500. The predicted octanol–water partition coefficient (Wildman–Crippen LogP) is 2.02. The van der Waals surface area contributed by atoms with E-state index in [0.29, 0.717) is 0 Å². The molecule has 0 aliphatic heterocycles. The molecule has 0 saturated carbocycles. The number of rotatable bonds is 5. The van der Waals surface area contributed by atoms with E-state index in [4.69, 9.17) is 5.73 Å². The molecular weight excluding hydrogens is 242 g/mol. The first-order valence-electron chi connectivity index (χ1n) is 4.84. The van der Waals surface area contributed by atoms with Crippen molar-refractivity contribution in [2.45, 2.75) is 13.3 Å². The van der Waals surface area contributed by atoms with Gasteiger partial charge < -0.3 is 10.6 Å². The van der Waals surface area contributed by atoms with Crippen molar-refractivity contribution >= 4 is 21.6 Å². The quantitative estimate of drug-likeness (QED) is 0.878. The Bertz CT molecular complexity index is 278. The van der Waals surface area contributed by atoms with Crippen LogP contribution in [-0.2, 0) is 0 Å².